The van der Waals surface area contributed by atoms with E-state index in [4.69, 9.17) is 0 Å². The van der Waals surface area contributed by atoms with Gasteiger partial charge in [-0.3, -0.25) is 9.88 Å². The highest BCUT2D eigenvalue weighted by atomic mass is 16.3. The minimum Gasteiger partial charge on any atom is -0.388 e. The molecule has 1 aromatic heterocycles. The second-order valence-corrected chi connectivity index (χ2v) is 7.89. The van der Waals surface area contributed by atoms with Gasteiger partial charge in [-0.25, -0.2) is 0 Å². The Labute approximate surface area is 146 Å². The van der Waals surface area contributed by atoms with Crippen molar-refractivity contribution in [2.45, 2.75) is 38.2 Å². The first kappa shape index (κ1) is 17.6. The smallest absolute Gasteiger partial charge is 0.0807 e. The number of anilines is 1. The summed E-state index contributed by atoms with van der Waals surface area (Å²) in [5.41, 5.74) is 1.79. The number of piperazine rings is 1. The van der Waals surface area contributed by atoms with E-state index in [1.165, 1.54) is 5.69 Å². The van der Waals surface area contributed by atoms with E-state index in [9.17, 15) is 5.11 Å². The number of aromatic nitrogens is 1. The van der Waals surface area contributed by atoms with Gasteiger partial charge in [-0.05, 0) is 37.9 Å². The third kappa shape index (κ3) is 4.26. The highest BCUT2D eigenvalue weighted by Crippen LogP contribution is 2.27. The minimum absolute atomic E-state index is 0.467. The zero-order valence-corrected chi connectivity index (χ0v) is 15.4. The lowest BCUT2D eigenvalue weighted by atomic mass is 9.90. The van der Waals surface area contributed by atoms with Gasteiger partial charge >= 0.3 is 0 Å². The molecule has 2 aliphatic rings. The normalized spacial score (nSPS) is 23.0. The average molecular weight is 332 g/mol. The number of pyridine rings is 1. The zero-order chi connectivity index (χ0) is 17.2. The van der Waals surface area contributed by atoms with Gasteiger partial charge in [0.05, 0.1) is 17.5 Å². The molecule has 0 atom stereocenters. The molecule has 0 saturated carbocycles. The molecule has 0 unspecified atom stereocenters. The summed E-state index contributed by atoms with van der Waals surface area (Å²) >= 11 is 0. The molecule has 5 heteroatoms. The van der Waals surface area contributed by atoms with Crippen molar-refractivity contribution in [3.63, 3.8) is 0 Å². The van der Waals surface area contributed by atoms with Crippen molar-refractivity contribution in [1.82, 2.24) is 14.8 Å². The Hall–Kier alpha value is -1.17. The van der Waals surface area contributed by atoms with Crippen LogP contribution in [0.5, 0.6) is 0 Å². The molecule has 0 aromatic carbocycles. The fraction of sp³-hybridized carbons (Fsp3) is 0.737. The molecule has 5 nitrogen and oxygen atoms in total. The first-order valence-electron chi connectivity index (χ1n) is 9.29. The van der Waals surface area contributed by atoms with E-state index >= 15 is 0 Å². The zero-order valence-electron chi connectivity index (χ0n) is 15.4. The van der Waals surface area contributed by atoms with Crippen LogP contribution in [0.2, 0.25) is 0 Å². The van der Waals surface area contributed by atoms with Gasteiger partial charge < -0.3 is 14.9 Å². The second kappa shape index (κ2) is 7.38. The highest BCUT2D eigenvalue weighted by Gasteiger charge is 2.34. The Morgan fingerprint density at radius 3 is 2.29 bits per heavy atom. The van der Waals surface area contributed by atoms with E-state index in [0.717, 1.165) is 64.3 Å². The fourth-order valence-electron chi connectivity index (χ4n) is 3.69. The van der Waals surface area contributed by atoms with Gasteiger partial charge in [-0.15, -0.1) is 0 Å². The number of aliphatic hydroxyl groups is 1. The van der Waals surface area contributed by atoms with Crippen molar-refractivity contribution >= 4 is 5.69 Å². The highest BCUT2D eigenvalue weighted by molar-refractivity contribution is 5.45. The number of piperidine rings is 1. The SMILES string of the molecule is CC(C)c1ccc(N2CCC(O)(CN3CCN(C)CC3)CC2)cn1. The maximum absolute atomic E-state index is 11.0. The van der Waals surface area contributed by atoms with Gasteiger partial charge in [0.15, 0.2) is 0 Å². The number of β-amino-alcohol motifs (C(OH)–C–C–N with tert-alkyl or cyclic N) is 1. The molecule has 0 aliphatic carbocycles. The Morgan fingerprint density at radius 1 is 1.08 bits per heavy atom. The lowest BCUT2D eigenvalue weighted by Gasteiger charge is -2.43. The number of nitrogens with zero attached hydrogens (tertiary/aromatic N) is 4. The summed E-state index contributed by atoms with van der Waals surface area (Å²) in [6, 6.07) is 4.30. The van der Waals surface area contributed by atoms with Gasteiger partial charge in [-0.1, -0.05) is 13.8 Å². The lowest BCUT2D eigenvalue weighted by Crippen LogP contribution is -2.54. The molecule has 0 radical (unpaired) electrons. The molecule has 3 heterocycles. The molecule has 0 amide bonds. The topological polar surface area (TPSA) is 42.8 Å². The second-order valence-electron chi connectivity index (χ2n) is 7.89. The minimum atomic E-state index is -0.530. The molecule has 0 spiro atoms. The molecular weight excluding hydrogens is 300 g/mol. The third-order valence-electron chi connectivity index (χ3n) is 5.54. The van der Waals surface area contributed by atoms with Crippen LogP contribution in [-0.2, 0) is 0 Å². The molecule has 1 N–H and O–H groups in total. The summed E-state index contributed by atoms with van der Waals surface area (Å²) in [5.74, 6) is 0.467. The van der Waals surface area contributed by atoms with Gasteiger partial charge in [0.2, 0.25) is 0 Å². The lowest BCUT2D eigenvalue weighted by molar-refractivity contribution is -0.0250. The third-order valence-corrected chi connectivity index (χ3v) is 5.54. The Bertz CT molecular complexity index is 515. The van der Waals surface area contributed by atoms with Crippen LogP contribution in [0.25, 0.3) is 0 Å². The molecule has 3 rings (SSSR count). The summed E-state index contributed by atoms with van der Waals surface area (Å²) in [6.45, 7) is 11.3. The fourth-order valence-corrected chi connectivity index (χ4v) is 3.69. The summed E-state index contributed by atoms with van der Waals surface area (Å²) in [5, 5.41) is 11.0. The first-order chi connectivity index (χ1) is 11.5. The molecule has 2 aliphatic heterocycles. The van der Waals surface area contributed by atoms with Gasteiger partial charge in [-0.2, -0.15) is 0 Å². The van der Waals surface area contributed by atoms with Gasteiger partial charge in [0.25, 0.3) is 0 Å². The summed E-state index contributed by atoms with van der Waals surface area (Å²) in [7, 11) is 2.17. The van der Waals surface area contributed by atoms with E-state index < -0.39 is 5.60 Å². The van der Waals surface area contributed by atoms with E-state index in [1.54, 1.807) is 0 Å². The van der Waals surface area contributed by atoms with Gasteiger partial charge in [0.1, 0.15) is 0 Å². The van der Waals surface area contributed by atoms with E-state index in [1.807, 2.05) is 6.20 Å². The first-order valence-corrected chi connectivity index (χ1v) is 9.29. The van der Waals surface area contributed by atoms with Crippen molar-refractivity contribution in [2.24, 2.45) is 0 Å². The number of hydrogen-bond acceptors (Lipinski definition) is 5. The van der Waals surface area contributed by atoms with E-state index in [2.05, 4.69) is 52.7 Å². The molecule has 24 heavy (non-hydrogen) atoms. The van der Waals surface area contributed by atoms with Crippen molar-refractivity contribution in [3.8, 4) is 0 Å². The van der Waals surface area contributed by atoms with Gasteiger partial charge in [0, 0.05) is 51.5 Å². The maximum atomic E-state index is 11.0. The predicted octanol–water partition coefficient (Wildman–Crippen LogP) is 1.78. The Morgan fingerprint density at radius 2 is 1.75 bits per heavy atom. The van der Waals surface area contributed by atoms with Crippen molar-refractivity contribution in [2.75, 3.05) is 57.8 Å². The van der Waals surface area contributed by atoms with E-state index in [0.29, 0.717) is 5.92 Å². The molecule has 1 aromatic rings. The number of likely N-dealkylation sites (N-methyl/N-ethyl adjacent to an activating group) is 1. The van der Waals surface area contributed by atoms with Crippen LogP contribution in [0.1, 0.15) is 38.3 Å². The predicted molar refractivity (Wildman–Crippen MR) is 98.7 cm³/mol. The summed E-state index contributed by atoms with van der Waals surface area (Å²) < 4.78 is 0. The van der Waals surface area contributed by atoms with Crippen molar-refractivity contribution in [3.05, 3.63) is 24.0 Å². The molecule has 0 bridgehead atoms. The van der Waals surface area contributed by atoms with Crippen LogP contribution in [0, 0.1) is 0 Å². The van der Waals surface area contributed by atoms with Crippen LogP contribution >= 0.6 is 0 Å². The van der Waals surface area contributed by atoms with Crippen LogP contribution in [0.15, 0.2) is 18.3 Å². The van der Waals surface area contributed by atoms with Crippen LogP contribution in [-0.4, -0.2) is 78.4 Å². The molecule has 2 fully saturated rings. The summed E-state index contributed by atoms with van der Waals surface area (Å²) in [6.07, 6.45) is 3.66. The van der Waals surface area contributed by atoms with E-state index in [-0.39, 0.29) is 0 Å². The van der Waals surface area contributed by atoms with Crippen molar-refractivity contribution < 1.29 is 5.11 Å². The molecule has 134 valence electrons. The number of hydrogen-bond donors (Lipinski definition) is 1. The number of rotatable bonds is 4. The average Bonchev–Trinajstić information content (AvgIpc) is 2.58. The molecular formula is C19H32N4O. The Balaban J connectivity index is 1.52. The monoisotopic (exact) mass is 332 g/mol. The molecule has 2 saturated heterocycles. The quantitative estimate of drug-likeness (QED) is 0.910. The summed E-state index contributed by atoms with van der Waals surface area (Å²) in [4.78, 5) is 11.7. The van der Waals surface area contributed by atoms with Crippen LogP contribution < -0.4 is 4.90 Å². The van der Waals surface area contributed by atoms with Crippen LogP contribution in [0.4, 0.5) is 5.69 Å². The van der Waals surface area contributed by atoms with Crippen LogP contribution in [0.3, 0.4) is 0 Å². The Kier molecular flexibility index (Phi) is 5.42. The van der Waals surface area contributed by atoms with Crippen molar-refractivity contribution in [1.29, 1.82) is 0 Å². The standard InChI is InChI=1S/C19H32N4O/c1-16(2)18-5-4-17(14-20-18)23-8-6-19(24,7-9-23)15-22-12-10-21(3)11-13-22/h4-5,14,16,24H,6-13,15H2,1-3H3. The largest absolute Gasteiger partial charge is 0.388 e. The maximum Gasteiger partial charge on any atom is 0.0807 e.